The highest BCUT2D eigenvalue weighted by Crippen LogP contribution is 2.24. The number of likely N-dealkylation sites (N-methyl/N-ethyl adjacent to an activating group) is 2. The first-order chi connectivity index (χ1) is 13.6. The average Bonchev–Trinajstić information content (AvgIpc) is 3.01. The number of amides is 2. The summed E-state index contributed by atoms with van der Waals surface area (Å²) in [7, 11) is -1.97. The number of nitrogens with zero attached hydrogens (tertiary/aromatic N) is 5. The molecule has 2 rings (SSSR count). The van der Waals surface area contributed by atoms with Crippen LogP contribution in [-0.4, -0.2) is 104 Å². The van der Waals surface area contributed by atoms with Crippen molar-refractivity contribution in [3.63, 3.8) is 0 Å². The predicted octanol–water partition coefficient (Wildman–Crippen LogP) is -0.0755. The van der Waals surface area contributed by atoms with Crippen LogP contribution >= 0.6 is 0 Å². The number of hydrogen-bond donors (Lipinski definition) is 0. The number of aromatic nitrogens is 1. The van der Waals surface area contributed by atoms with E-state index in [-0.39, 0.29) is 48.6 Å². The van der Waals surface area contributed by atoms with Gasteiger partial charge < -0.3 is 14.3 Å². The lowest BCUT2D eigenvalue weighted by Gasteiger charge is -2.34. The summed E-state index contributed by atoms with van der Waals surface area (Å²) < 4.78 is 32.1. The first-order valence-electron chi connectivity index (χ1n) is 9.78. The number of rotatable bonds is 8. The van der Waals surface area contributed by atoms with Gasteiger partial charge in [-0.3, -0.25) is 14.5 Å². The van der Waals surface area contributed by atoms with Crippen LogP contribution < -0.4 is 0 Å². The van der Waals surface area contributed by atoms with E-state index in [1.165, 1.54) is 4.31 Å². The standard InChI is InChI=1S/C18H31N5O5S/c1-6-21(7-2)16(24)12-20(5)13-17(25)22-8-10-23(11-9-22)29(26,27)18-14(3)19-28-15(18)4/h6-13H2,1-5H3. The molecule has 164 valence electrons. The quantitative estimate of drug-likeness (QED) is 0.569. The first-order valence-corrected chi connectivity index (χ1v) is 11.2. The maximum atomic E-state index is 12.9. The molecule has 0 aromatic carbocycles. The van der Waals surface area contributed by atoms with Crippen molar-refractivity contribution >= 4 is 21.8 Å². The molecule has 29 heavy (non-hydrogen) atoms. The Labute approximate surface area is 172 Å². The molecular formula is C18H31N5O5S. The number of aryl methyl sites for hydroxylation is 2. The van der Waals surface area contributed by atoms with E-state index < -0.39 is 10.0 Å². The summed E-state index contributed by atoms with van der Waals surface area (Å²) >= 11 is 0. The minimum atomic E-state index is -3.71. The van der Waals surface area contributed by atoms with Gasteiger partial charge in [0, 0.05) is 39.3 Å². The second-order valence-electron chi connectivity index (χ2n) is 7.18. The summed E-state index contributed by atoms with van der Waals surface area (Å²) in [5.41, 5.74) is 0.334. The summed E-state index contributed by atoms with van der Waals surface area (Å²) in [4.78, 5) is 29.9. The fourth-order valence-electron chi connectivity index (χ4n) is 3.44. The number of piperazine rings is 1. The van der Waals surface area contributed by atoms with Crippen molar-refractivity contribution in [2.75, 3.05) is 59.4 Å². The highest BCUT2D eigenvalue weighted by Gasteiger charge is 2.34. The van der Waals surface area contributed by atoms with Gasteiger partial charge in [0.2, 0.25) is 21.8 Å². The second kappa shape index (κ2) is 9.68. The molecule has 1 aromatic heterocycles. The summed E-state index contributed by atoms with van der Waals surface area (Å²) in [6, 6.07) is 0. The Kier molecular flexibility index (Phi) is 7.78. The van der Waals surface area contributed by atoms with Crippen molar-refractivity contribution in [2.24, 2.45) is 0 Å². The molecule has 2 heterocycles. The van der Waals surface area contributed by atoms with E-state index in [1.807, 2.05) is 13.8 Å². The molecule has 1 fully saturated rings. The van der Waals surface area contributed by atoms with Crippen molar-refractivity contribution < 1.29 is 22.5 Å². The molecular weight excluding hydrogens is 398 g/mol. The zero-order valence-corrected chi connectivity index (χ0v) is 18.7. The normalized spacial score (nSPS) is 15.7. The molecule has 1 aromatic rings. The van der Waals surface area contributed by atoms with Crippen LogP contribution in [0.1, 0.15) is 25.3 Å². The Hall–Kier alpha value is -1.98. The fraction of sp³-hybridized carbons (Fsp3) is 0.722. The molecule has 0 N–H and O–H groups in total. The SMILES string of the molecule is CCN(CC)C(=O)CN(C)CC(=O)N1CCN(S(=O)(=O)c2c(C)noc2C)CC1. The molecule has 1 saturated heterocycles. The largest absolute Gasteiger partial charge is 0.360 e. The summed E-state index contributed by atoms with van der Waals surface area (Å²) in [5, 5.41) is 3.72. The number of sulfonamides is 1. The highest BCUT2D eigenvalue weighted by atomic mass is 32.2. The van der Waals surface area contributed by atoms with Crippen LogP contribution in [0.25, 0.3) is 0 Å². The van der Waals surface area contributed by atoms with Crippen molar-refractivity contribution in [1.29, 1.82) is 0 Å². The zero-order valence-electron chi connectivity index (χ0n) is 17.8. The van der Waals surface area contributed by atoms with E-state index in [0.29, 0.717) is 31.9 Å². The Morgan fingerprint density at radius 2 is 1.66 bits per heavy atom. The molecule has 11 heteroatoms. The fourth-order valence-corrected chi connectivity index (χ4v) is 5.16. The van der Waals surface area contributed by atoms with Crippen molar-refractivity contribution in [1.82, 2.24) is 24.2 Å². The van der Waals surface area contributed by atoms with E-state index in [2.05, 4.69) is 5.16 Å². The molecule has 0 atom stereocenters. The number of carbonyl (C=O) groups excluding carboxylic acids is 2. The first kappa shape index (κ1) is 23.3. The average molecular weight is 430 g/mol. The van der Waals surface area contributed by atoms with Gasteiger partial charge in [-0.1, -0.05) is 5.16 Å². The third-order valence-electron chi connectivity index (χ3n) is 5.08. The van der Waals surface area contributed by atoms with Crippen LogP contribution in [-0.2, 0) is 19.6 Å². The lowest BCUT2D eigenvalue weighted by atomic mass is 10.3. The molecule has 0 unspecified atom stereocenters. The molecule has 0 saturated carbocycles. The predicted molar refractivity (Wildman–Crippen MR) is 107 cm³/mol. The van der Waals surface area contributed by atoms with Crippen molar-refractivity contribution in [3.05, 3.63) is 11.5 Å². The molecule has 0 radical (unpaired) electrons. The minimum absolute atomic E-state index is 0.0133. The van der Waals surface area contributed by atoms with Crippen LogP contribution in [0.3, 0.4) is 0 Å². The van der Waals surface area contributed by atoms with Crippen LogP contribution in [0.5, 0.6) is 0 Å². The molecule has 0 spiro atoms. The van der Waals surface area contributed by atoms with Crippen molar-refractivity contribution in [2.45, 2.75) is 32.6 Å². The summed E-state index contributed by atoms with van der Waals surface area (Å²) in [6.07, 6.45) is 0. The van der Waals surface area contributed by atoms with Gasteiger partial charge in [-0.2, -0.15) is 4.31 Å². The van der Waals surface area contributed by atoms with Crippen molar-refractivity contribution in [3.8, 4) is 0 Å². The summed E-state index contributed by atoms with van der Waals surface area (Å²) in [5.74, 6) is 0.135. The van der Waals surface area contributed by atoms with Gasteiger partial charge in [0.15, 0.2) is 5.76 Å². The Morgan fingerprint density at radius 3 is 2.14 bits per heavy atom. The summed E-state index contributed by atoms with van der Waals surface area (Å²) in [6.45, 7) is 9.60. The van der Waals surface area contributed by atoms with E-state index in [1.54, 1.807) is 35.6 Å². The smallest absolute Gasteiger partial charge is 0.248 e. The molecule has 1 aliphatic heterocycles. The maximum absolute atomic E-state index is 12.9. The van der Waals surface area contributed by atoms with Crippen LogP contribution in [0.2, 0.25) is 0 Å². The Balaban J connectivity index is 1.90. The van der Waals surface area contributed by atoms with E-state index in [0.717, 1.165) is 0 Å². The van der Waals surface area contributed by atoms with Gasteiger partial charge in [-0.05, 0) is 34.7 Å². The van der Waals surface area contributed by atoms with Crippen LogP contribution in [0.15, 0.2) is 9.42 Å². The monoisotopic (exact) mass is 429 g/mol. The van der Waals surface area contributed by atoms with Gasteiger partial charge in [-0.25, -0.2) is 8.42 Å². The van der Waals surface area contributed by atoms with E-state index in [9.17, 15) is 18.0 Å². The zero-order chi connectivity index (χ0) is 21.8. The molecule has 10 nitrogen and oxygen atoms in total. The van der Waals surface area contributed by atoms with Crippen LogP contribution in [0, 0.1) is 13.8 Å². The Morgan fingerprint density at radius 1 is 1.07 bits per heavy atom. The van der Waals surface area contributed by atoms with E-state index in [4.69, 9.17) is 4.52 Å². The minimum Gasteiger partial charge on any atom is -0.360 e. The van der Waals surface area contributed by atoms with Gasteiger partial charge in [0.05, 0.1) is 13.1 Å². The van der Waals surface area contributed by atoms with Crippen LogP contribution in [0.4, 0.5) is 0 Å². The lowest BCUT2D eigenvalue weighted by molar-refractivity contribution is -0.135. The third kappa shape index (κ3) is 5.34. The van der Waals surface area contributed by atoms with E-state index >= 15 is 0 Å². The lowest BCUT2D eigenvalue weighted by Crippen LogP contribution is -2.52. The van der Waals surface area contributed by atoms with Gasteiger partial charge in [0.25, 0.3) is 0 Å². The molecule has 1 aliphatic rings. The topological polar surface area (TPSA) is 107 Å². The highest BCUT2D eigenvalue weighted by molar-refractivity contribution is 7.89. The maximum Gasteiger partial charge on any atom is 0.248 e. The Bertz CT molecular complexity index is 806. The van der Waals surface area contributed by atoms with Gasteiger partial charge in [-0.15, -0.1) is 0 Å². The number of hydrogen-bond acceptors (Lipinski definition) is 7. The molecule has 0 aliphatic carbocycles. The number of carbonyl (C=O) groups is 2. The van der Waals surface area contributed by atoms with Gasteiger partial charge >= 0.3 is 0 Å². The second-order valence-corrected chi connectivity index (χ2v) is 9.05. The molecule has 2 amide bonds. The third-order valence-corrected chi connectivity index (χ3v) is 7.23. The molecule has 0 bridgehead atoms. The van der Waals surface area contributed by atoms with Gasteiger partial charge in [0.1, 0.15) is 10.6 Å².